The van der Waals surface area contributed by atoms with Crippen molar-refractivity contribution in [3.63, 3.8) is 0 Å². The molecular formula is C73H141B9FNO38P8S9-8. The zero-order valence-corrected chi connectivity index (χ0v) is 95.6. The lowest BCUT2D eigenvalue weighted by Gasteiger charge is -2.35. The first kappa shape index (κ1) is 141. The van der Waals surface area contributed by atoms with Gasteiger partial charge in [0.1, 0.15) is 205 Å². The van der Waals surface area contributed by atoms with Crippen molar-refractivity contribution in [1.82, 2.24) is 0 Å². The topological polar surface area (TPSA) is 486 Å². The average Bonchev–Trinajstić information content (AvgIpc) is 1.67. The smallest absolute Gasteiger partial charge is 0.146 e. The molecular weight excluding hydrogens is 2150 g/mol. The Kier molecular flexibility index (Phi) is 73.6. The van der Waals surface area contributed by atoms with Crippen molar-refractivity contribution in [2.45, 2.75) is 263 Å². The molecule has 8 rings (SSSR count). The Morgan fingerprint density at radius 3 is 1.01 bits per heavy atom. The van der Waals surface area contributed by atoms with Crippen LogP contribution in [0.2, 0.25) is 0 Å². The van der Waals surface area contributed by atoms with E-state index in [-0.39, 0.29) is 96.2 Å². The van der Waals surface area contributed by atoms with Gasteiger partial charge in [0.25, 0.3) is 0 Å². The molecule has 0 saturated carbocycles. The van der Waals surface area contributed by atoms with Gasteiger partial charge >= 0.3 is 0 Å². The predicted octanol–water partition coefficient (Wildman–Crippen LogP) is -0.445. The Morgan fingerprint density at radius 2 is 0.669 bits per heavy atom. The lowest BCUT2D eigenvalue weighted by molar-refractivity contribution is -0.206. The summed E-state index contributed by atoms with van der Waals surface area (Å²) in [5, 5.41) is 37.9. The molecule has 16 radical (unpaired) electrons. The third kappa shape index (κ3) is 52.4. The van der Waals surface area contributed by atoms with Crippen molar-refractivity contribution in [1.29, 1.82) is 0 Å². The maximum absolute atomic E-state index is 13.7. The van der Waals surface area contributed by atoms with Crippen molar-refractivity contribution in [2.24, 2.45) is 5.73 Å². The van der Waals surface area contributed by atoms with Crippen LogP contribution in [0, 0.1) is 0 Å². The second kappa shape index (κ2) is 72.3. The number of ether oxygens (including phenoxy) is 20. The van der Waals surface area contributed by atoms with Gasteiger partial charge in [0.2, 0.25) is 0 Å². The monoisotopic (exact) mass is 2290 g/mol. The highest BCUT2D eigenvalue weighted by Crippen LogP contribution is 2.53. The fourth-order valence-corrected chi connectivity index (χ4v) is 21.7. The molecule has 0 amide bonds. The third-order valence-corrected chi connectivity index (χ3v) is 40.1. The molecule has 16 unspecified atom stereocenters. The third-order valence-electron chi connectivity index (χ3n) is 20.4. The van der Waals surface area contributed by atoms with E-state index in [1.165, 1.54) is 35.4 Å². The van der Waals surface area contributed by atoms with Crippen LogP contribution in [0.15, 0.2) is 0 Å². The molecule has 8 fully saturated rings. The van der Waals surface area contributed by atoms with E-state index in [4.69, 9.17) is 313 Å². The number of rotatable bonds is 52. The van der Waals surface area contributed by atoms with E-state index in [1.54, 1.807) is 56.3 Å². The van der Waals surface area contributed by atoms with E-state index in [0.29, 0.717) is 96.7 Å². The number of nitrogens with two attached hydrogens (primary N) is 1. The number of alkyl halides is 1. The molecule has 8 saturated heterocycles. The fourth-order valence-electron chi connectivity index (χ4n) is 12.9. The average molecular weight is 2290 g/mol. The quantitative estimate of drug-likeness (QED) is 0.0223. The van der Waals surface area contributed by atoms with E-state index in [0.717, 1.165) is 0 Å². The fraction of sp³-hybridized carbons (Fsp3) is 1.00. The second-order valence-corrected chi connectivity index (χ2v) is 64.6. The van der Waals surface area contributed by atoms with Crippen molar-refractivity contribution in [3.05, 3.63) is 0 Å². The van der Waals surface area contributed by atoms with Gasteiger partial charge < -0.3 is 234 Å². The molecule has 66 heteroatoms. The highest BCUT2D eigenvalue weighted by Gasteiger charge is 2.51. The summed E-state index contributed by atoms with van der Waals surface area (Å²) >= 11 is 45.9. The number of halogens is 1. The van der Waals surface area contributed by atoms with E-state index < -0.39 is 215 Å². The highest BCUT2D eigenvalue weighted by atomic mass is 32.9. The summed E-state index contributed by atoms with van der Waals surface area (Å²) in [6, 6.07) is -5.85. The molecule has 6 N–H and O–H groups in total. The van der Waals surface area contributed by atoms with Gasteiger partial charge in [-0.15, -0.1) is 0 Å². The summed E-state index contributed by atoms with van der Waals surface area (Å²) in [5.74, 6) is 0. The van der Waals surface area contributed by atoms with Gasteiger partial charge in [0.05, 0.1) is 92.3 Å². The highest BCUT2D eigenvalue weighted by molar-refractivity contribution is 8.54. The van der Waals surface area contributed by atoms with Crippen molar-refractivity contribution in [3.8, 4) is 0 Å². The molecule has 0 bridgehead atoms. The molecule has 0 aliphatic carbocycles. The van der Waals surface area contributed by atoms with Crippen LogP contribution in [0.5, 0.6) is 0 Å². The molecule has 0 spiro atoms. The molecule has 8 heterocycles. The van der Waals surface area contributed by atoms with Crippen molar-refractivity contribution >= 4 is 229 Å². The minimum Gasteiger partial charge on any atom is -0.801 e. The molecule has 39 nitrogen and oxygen atoms in total. The summed E-state index contributed by atoms with van der Waals surface area (Å²) in [5.41, 5.74) is -1.49. The number of hydrogen-bond donors (Lipinski definition) is 5. The summed E-state index contributed by atoms with van der Waals surface area (Å²) in [6.07, 6.45) is -9.79. The molecule has 8 aliphatic heterocycles. The van der Waals surface area contributed by atoms with Gasteiger partial charge in [0, 0.05) is 145 Å². The SMILES string of the molecule is [B][C@@H]1O[C@H](COC)C(OP(=O)([O-])CC)[C@@H]1O.[B][C@@H]1O[C@H](COC)C(OP(=O)([S-])CC)[C@@H]1OCCCN.[B][C@@H]1O[C@H](COC)C(OP(=S)([S-])CC)[C@@H]1O.[B][C@@H]1O[C@H](COC)C(OP(=S)([S-])CC)[C@@H]1OCCOC.[B][C@@H]1O[C@H](COC)C(OP(=S)([S-])CC)[C@H]1F.[B][C@@H]1O[C@H](COC)C(OP([O-])(=S)CC)[C@@H]1O.[B][C@@H]1O[C@H](COC)C(OP([O-])(=S)CC)[C@@H]1OCCCO.[B][C@H]1CC(OP([BH3-])(=O)CC)[C@@H](COC)O1. The van der Waals surface area contributed by atoms with Gasteiger partial charge in [-0.3, -0.25) is 0 Å². The van der Waals surface area contributed by atoms with Crippen molar-refractivity contribution in [2.75, 3.05) is 206 Å². The van der Waals surface area contributed by atoms with Gasteiger partial charge in [-0.05, 0) is 75.8 Å². The Labute approximate surface area is 881 Å². The predicted molar refractivity (Wildman–Crippen MR) is 561 cm³/mol. The minimum absolute atomic E-state index is 0.0182. The Bertz CT molecular complexity index is 3380. The maximum atomic E-state index is 13.7. The van der Waals surface area contributed by atoms with E-state index in [2.05, 4.69) is 0 Å². The van der Waals surface area contributed by atoms with Crippen LogP contribution in [0.3, 0.4) is 0 Å². The lowest BCUT2D eigenvalue weighted by Crippen LogP contribution is -2.39. The first-order chi connectivity index (χ1) is 65.0. The molecule has 802 valence electrons. The molecule has 0 aromatic heterocycles. The van der Waals surface area contributed by atoms with E-state index in [9.17, 15) is 48.1 Å². The molecule has 0 aromatic carbocycles. The first-order valence-electron chi connectivity index (χ1n) is 44.2. The zero-order chi connectivity index (χ0) is 106. The van der Waals surface area contributed by atoms with Gasteiger partial charge in [-0.1, -0.05) is 131 Å². The standard InChI is InChI=1S/C11H23BNO5PS.C11H22BO6PS.C11H22BO5PS2.C8H18B2O4P.C8H15BFO3PS2.C8H16BO6P.C8H16BO5PS.C8H16BO4PS2/c2*1-3-19(14,20)18-9-8(7-15-2)17-11(12)10(9)16-6-4-5-13;1-4-18(19,20)17-9-8(7-14-3)16-11(12)10(9)15-6-5-13-2;1-3-15(10,11)14-6-4-8(9)13-7(6)5-12-2;1-3-14(15,16)13-7-5(4-11-2)12-8(9)6(7)10;1-3-16(11,12)15-7-5(4-13-2)14-8(9)6(7)10;1-3-15(11,16)14-7-5(4-12-2)13-8(9)6(7)10;1-3-14(15,16)13-7-5(4-11-2)12-8(9)6(7)10/h8-11H,3-7,13H2,1-2H3,(H,14,20);8-11,13H,3-7H2,1-2H3,(H,14,20);8-11H,4-7H2,1-3H3,(H,19,20);6-8H,3-5H2,1-2,10H3;5-8H,3-4H2,1-2H3,(H,15,16);5-8,10H,3-4H2,1-2H3,(H,11,12);5-8,10H,3-4H2,1-2H3,(H,11,16);5-8,10H,3-4H2,1-2H3,(H,15,16)/q;;;-1;;;;/p-7/t2*8-,9?,10+,11-,19?;8-,9?,10+,11-;6?,7-,8-,15?;5-,6-,7?,8-;5-,6+,7?,8-;5-,6+,7?,8-,15?;5-,6+,7?,8-/m11111111/s1. The summed E-state index contributed by atoms with van der Waals surface area (Å²) < 4.78 is 198. The molecule has 8 aliphatic rings. The van der Waals surface area contributed by atoms with Crippen molar-refractivity contribution < 1.29 is 184 Å². The van der Waals surface area contributed by atoms with Crippen LogP contribution < -0.4 is 20.4 Å². The summed E-state index contributed by atoms with van der Waals surface area (Å²) in [6.45, 7) is 9.08. The minimum atomic E-state index is -3.95. The Hall–Kier alpha value is 4.41. The van der Waals surface area contributed by atoms with E-state index in [1.807, 2.05) is 27.7 Å². The largest absolute Gasteiger partial charge is 0.801 e. The molecule has 139 heavy (non-hydrogen) atoms. The van der Waals surface area contributed by atoms with Crippen LogP contribution >= 0.6 is 50.8 Å². The van der Waals surface area contributed by atoms with Crippen LogP contribution in [-0.2, 0) is 253 Å². The van der Waals surface area contributed by atoms with E-state index >= 15 is 0 Å². The van der Waals surface area contributed by atoms with Crippen LogP contribution in [0.1, 0.15) is 74.7 Å². The van der Waals surface area contributed by atoms with Gasteiger partial charge in [0.15, 0.2) is 0 Å². The normalized spacial score (nSPS) is 35.9. The first-order valence-corrected chi connectivity index (χ1v) is 67.5. The number of aliphatic hydroxyl groups is 4. The molecule has 0 aromatic rings. The number of aliphatic hydroxyl groups excluding tert-OH is 4. The second-order valence-electron chi connectivity index (χ2n) is 31.0. The number of methoxy groups -OCH3 is 9. The van der Waals surface area contributed by atoms with Crippen LogP contribution in [0.4, 0.5) is 4.39 Å². The lowest BCUT2D eigenvalue weighted by atomic mass is 9.93. The van der Waals surface area contributed by atoms with Crippen LogP contribution in [0.25, 0.3) is 0 Å². The molecule has 39 atom stereocenters. The maximum Gasteiger partial charge on any atom is 0.146 e. The van der Waals surface area contributed by atoms with Gasteiger partial charge in [-0.2, -0.15) is 0 Å². The number of hydrogen-bond acceptors (Lipinski definition) is 48. The zero-order valence-electron chi connectivity index (χ0n) is 81.1. The Balaban J connectivity index is 0.000000796. The summed E-state index contributed by atoms with van der Waals surface area (Å²) in [4.78, 5) is 35.0. The Morgan fingerprint density at radius 1 is 0.367 bits per heavy atom. The summed E-state index contributed by atoms with van der Waals surface area (Å²) in [7, 11) is 52.8. The van der Waals surface area contributed by atoms with Crippen LogP contribution in [-0.4, -0.2) is 485 Å². The van der Waals surface area contributed by atoms with Gasteiger partial charge in [-0.25, -0.2) is 4.39 Å².